The van der Waals surface area contributed by atoms with E-state index in [4.69, 9.17) is 14.2 Å². The maximum absolute atomic E-state index is 13.2. The zero-order valence-electron chi connectivity index (χ0n) is 17.1. The topological polar surface area (TPSA) is 85.9 Å². The molecule has 0 bridgehead atoms. The molecule has 2 amide bonds. The van der Waals surface area contributed by atoms with Gasteiger partial charge in [-0.3, -0.25) is 4.79 Å². The largest absolute Gasteiger partial charge is 0.444 e. The lowest BCUT2D eigenvalue weighted by Crippen LogP contribution is -2.65. The number of benzene rings is 2. The molecule has 160 valence electrons. The van der Waals surface area contributed by atoms with Crippen molar-refractivity contribution in [3.8, 4) is 0 Å². The Morgan fingerprint density at radius 1 is 1.03 bits per heavy atom. The summed E-state index contributed by atoms with van der Waals surface area (Å²) >= 11 is 3.36. The molecule has 1 aliphatic heterocycles. The van der Waals surface area contributed by atoms with Gasteiger partial charge in [-0.25, -0.2) is 4.79 Å². The summed E-state index contributed by atoms with van der Waals surface area (Å²) in [4.78, 5) is 25.6. The van der Waals surface area contributed by atoms with Gasteiger partial charge in [0.1, 0.15) is 5.60 Å². The van der Waals surface area contributed by atoms with Gasteiger partial charge in [-0.15, -0.1) is 0 Å². The Hall–Kier alpha value is -2.42. The molecular formula is C22H25BrN2O5. The van der Waals surface area contributed by atoms with Gasteiger partial charge >= 0.3 is 6.09 Å². The highest BCUT2D eigenvalue weighted by Gasteiger charge is 2.46. The van der Waals surface area contributed by atoms with E-state index < -0.39 is 29.4 Å². The number of carbonyl (C=O) groups excluding carboxylic acids is 2. The fourth-order valence-corrected chi connectivity index (χ4v) is 3.14. The maximum Gasteiger partial charge on any atom is 0.408 e. The van der Waals surface area contributed by atoms with Crippen molar-refractivity contribution in [2.45, 2.75) is 38.2 Å². The number of alkyl carbamates (subject to hydrolysis) is 1. The van der Waals surface area contributed by atoms with Gasteiger partial charge in [0.2, 0.25) is 0 Å². The molecule has 3 rings (SSSR count). The van der Waals surface area contributed by atoms with Crippen LogP contribution in [0.4, 0.5) is 10.5 Å². The monoisotopic (exact) mass is 476 g/mol. The molecule has 1 aliphatic rings. The van der Waals surface area contributed by atoms with Gasteiger partial charge in [0, 0.05) is 15.7 Å². The number of amides is 2. The Bertz CT molecular complexity index is 873. The first-order valence-electron chi connectivity index (χ1n) is 9.53. The molecule has 0 unspecified atom stereocenters. The quantitative estimate of drug-likeness (QED) is 0.682. The summed E-state index contributed by atoms with van der Waals surface area (Å²) in [5, 5.41) is 5.47. The van der Waals surface area contributed by atoms with Crippen LogP contribution in [-0.4, -0.2) is 36.4 Å². The number of rotatable bonds is 4. The van der Waals surface area contributed by atoms with Crippen molar-refractivity contribution in [1.29, 1.82) is 0 Å². The van der Waals surface area contributed by atoms with Gasteiger partial charge in [-0.1, -0.05) is 46.3 Å². The van der Waals surface area contributed by atoms with Crippen molar-refractivity contribution in [2.24, 2.45) is 0 Å². The number of halogens is 1. The molecule has 1 saturated heterocycles. The summed E-state index contributed by atoms with van der Waals surface area (Å²) in [6.07, 6.45) is -1.35. The Morgan fingerprint density at radius 3 is 2.20 bits per heavy atom. The van der Waals surface area contributed by atoms with E-state index in [1.165, 1.54) is 0 Å². The second-order valence-electron chi connectivity index (χ2n) is 8.03. The van der Waals surface area contributed by atoms with Gasteiger partial charge in [0.15, 0.2) is 11.8 Å². The van der Waals surface area contributed by atoms with Gasteiger partial charge in [0.05, 0.1) is 13.2 Å². The minimum Gasteiger partial charge on any atom is -0.444 e. The number of hydrogen-bond donors (Lipinski definition) is 2. The van der Waals surface area contributed by atoms with Crippen LogP contribution >= 0.6 is 15.9 Å². The number of carbonyl (C=O) groups is 2. The van der Waals surface area contributed by atoms with Crippen LogP contribution < -0.4 is 10.6 Å². The van der Waals surface area contributed by atoms with Crippen molar-refractivity contribution < 1.29 is 23.8 Å². The lowest BCUT2D eigenvalue weighted by atomic mass is 9.99. The Labute approximate surface area is 184 Å². The average Bonchev–Trinajstić information content (AvgIpc) is 2.69. The van der Waals surface area contributed by atoms with Gasteiger partial charge in [-0.05, 0) is 45.0 Å². The van der Waals surface area contributed by atoms with Crippen LogP contribution in [0.5, 0.6) is 0 Å². The predicted octanol–water partition coefficient (Wildman–Crippen LogP) is 4.40. The van der Waals surface area contributed by atoms with Crippen LogP contribution in [-0.2, 0) is 19.0 Å². The maximum atomic E-state index is 13.2. The summed E-state index contributed by atoms with van der Waals surface area (Å²) in [5.74, 6) is -0.456. The van der Waals surface area contributed by atoms with Gasteiger partial charge < -0.3 is 24.8 Å². The van der Waals surface area contributed by atoms with Crippen molar-refractivity contribution in [3.05, 3.63) is 64.6 Å². The highest BCUT2D eigenvalue weighted by atomic mass is 79.9. The smallest absolute Gasteiger partial charge is 0.408 e. The summed E-state index contributed by atoms with van der Waals surface area (Å²) in [7, 11) is 0. The lowest BCUT2D eigenvalue weighted by Gasteiger charge is -2.39. The Morgan fingerprint density at radius 2 is 1.63 bits per heavy atom. The van der Waals surface area contributed by atoms with Crippen molar-refractivity contribution in [1.82, 2.24) is 5.32 Å². The van der Waals surface area contributed by atoms with Crippen LogP contribution in [0.1, 0.15) is 32.6 Å². The molecule has 0 spiro atoms. The molecule has 0 aromatic heterocycles. The van der Waals surface area contributed by atoms with Crippen LogP contribution in [0, 0.1) is 0 Å². The molecule has 7 nitrogen and oxygen atoms in total. The van der Waals surface area contributed by atoms with E-state index in [0.717, 1.165) is 10.0 Å². The van der Waals surface area contributed by atoms with Gasteiger partial charge in [-0.2, -0.15) is 0 Å². The third kappa shape index (κ3) is 5.81. The van der Waals surface area contributed by atoms with E-state index in [0.29, 0.717) is 5.69 Å². The highest BCUT2D eigenvalue weighted by Crippen LogP contribution is 2.28. The molecule has 2 aromatic carbocycles. The SMILES string of the molecule is CC(C)(C)OC(=O)NC1(C(=O)Nc2ccc(Br)cc2)COC(c2ccccc2)OC1. The predicted molar refractivity (Wildman–Crippen MR) is 116 cm³/mol. The van der Waals surface area contributed by atoms with Crippen LogP contribution in [0.25, 0.3) is 0 Å². The molecule has 1 heterocycles. The molecule has 1 fully saturated rings. The molecule has 2 N–H and O–H groups in total. The van der Waals surface area contributed by atoms with Crippen LogP contribution in [0.3, 0.4) is 0 Å². The second kappa shape index (κ2) is 9.16. The van der Waals surface area contributed by atoms with Crippen molar-refractivity contribution in [3.63, 3.8) is 0 Å². The third-order valence-electron chi connectivity index (χ3n) is 4.31. The van der Waals surface area contributed by atoms with E-state index in [2.05, 4.69) is 26.6 Å². The van der Waals surface area contributed by atoms with Crippen molar-refractivity contribution in [2.75, 3.05) is 18.5 Å². The standard InChI is InChI=1S/C22H25BrN2O5/c1-21(2,3)30-20(27)25-22(19(26)24-17-11-9-16(23)10-12-17)13-28-18(29-14-22)15-7-5-4-6-8-15/h4-12,18H,13-14H2,1-3H3,(H,24,26)(H,25,27). The van der Waals surface area contributed by atoms with E-state index >= 15 is 0 Å². The molecule has 30 heavy (non-hydrogen) atoms. The van der Waals surface area contributed by atoms with E-state index in [1.54, 1.807) is 32.9 Å². The fraction of sp³-hybridized carbons (Fsp3) is 0.364. The highest BCUT2D eigenvalue weighted by molar-refractivity contribution is 9.10. The fourth-order valence-electron chi connectivity index (χ4n) is 2.87. The molecular weight excluding hydrogens is 452 g/mol. The minimum absolute atomic E-state index is 0.0752. The number of anilines is 1. The first-order chi connectivity index (χ1) is 14.2. The molecule has 0 atom stereocenters. The normalized spacial score (nSPS) is 21.5. The summed E-state index contributed by atoms with van der Waals surface area (Å²) in [5.41, 5.74) is -0.743. The molecule has 0 saturated carbocycles. The second-order valence-corrected chi connectivity index (χ2v) is 8.95. The third-order valence-corrected chi connectivity index (χ3v) is 4.84. The minimum atomic E-state index is -1.44. The van der Waals surface area contributed by atoms with Crippen LogP contribution in [0.2, 0.25) is 0 Å². The summed E-state index contributed by atoms with van der Waals surface area (Å²) in [6.45, 7) is 5.10. The Kier molecular flexibility index (Phi) is 6.80. The first kappa shape index (κ1) is 22.3. The van der Waals surface area contributed by atoms with Gasteiger partial charge in [0.25, 0.3) is 5.91 Å². The van der Waals surface area contributed by atoms with Crippen molar-refractivity contribution >= 4 is 33.6 Å². The zero-order chi connectivity index (χ0) is 21.8. The molecule has 0 aliphatic carbocycles. The average molecular weight is 477 g/mol. The number of nitrogens with one attached hydrogen (secondary N) is 2. The van der Waals surface area contributed by atoms with E-state index in [9.17, 15) is 9.59 Å². The molecule has 2 aromatic rings. The zero-order valence-corrected chi connectivity index (χ0v) is 18.7. The summed E-state index contributed by atoms with van der Waals surface area (Å²) < 4.78 is 17.9. The molecule has 0 radical (unpaired) electrons. The van der Waals surface area contributed by atoms with E-state index in [-0.39, 0.29) is 13.2 Å². The Balaban J connectivity index is 1.77. The summed E-state index contributed by atoms with van der Waals surface area (Å²) in [6, 6.07) is 16.5. The first-order valence-corrected chi connectivity index (χ1v) is 10.3. The lowest BCUT2D eigenvalue weighted by molar-refractivity contribution is -0.214. The van der Waals surface area contributed by atoms with Crippen LogP contribution in [0.15, 0.2) is 59.1 Å². The number of hydrogen-bond acceptors (Lipinski definition) is 5. The van der Waals surface area contributed by atoms with E-state index in [1.807, 2.05) is 42.5 Å². The molecule has 8 heteroatoms. The number of ether oxygens (including phenoxy) is 3.